The normalized spacial score (nSPS) is 11.3. The lowest BCUT2D eigenvalue weighted by Gasteiger charge is -2.15. The van der Waals surface area contributed by atoms with E-state index in [2.05, 4.69) is 20.7 Å². The van der Waals surface area contributed by atoms with Crippen LogP contribution >= 0.6 is 11.6 Å². The van der Waals surface area contributed by atoms with Crippen LogP contribution in [-0.2, 0) is 6.18 Å². The average molecular weight is 318 g/mol. The molecule has 0 atom stereocenters. The molecule has 0 saturated heterocycles. The van der Waals surface area contributed by atoms with Crippen LogP contribution in [0.4, 0.5) is 30.5 Å². The molecule has 0 amide bonds. The van der Waals surface area contributed by atoms with Gasteiger partial charge in [-0.05, 0) is 25.1 Å². The highest BCUT2D eigenvalue weighted by Gasteiger charge is 2.34. The Bertz CT molecular complexity index is 660. The van der Waals surface area contributed by atoms with E-state index in [0.717, 1.165) is 6.07 Å². The third-order valence-electron chi connectivity index (χ3n) is 2.54. The Kier molecular flexibility index (Phi) is 4.19. The van der Waals surface area contributed by atoms with Crippen molar-refractivity contribution in [2.24, 2.45) is 5.84 Å². The molecule has 112 valence electrons. The predicted molar refractivity (Wildman–Crippen MR) is 74.3 cm³/mol. The van der Waals surface area contributed by atoms with Crippen molar-refractivity contribution < 1.29 is 13.2 Å². The Morgan fingerprint density at radius 2 is 1.81 bits per heavy atom. The molecular formula is C12H11ClF3N5. The Morgan fingerprint density at radius 1 is 1.14 bits per heavy atom. The zero-order valence-electron chi connectivity index (χ0n) is 10.8. The van der Waals surface area contributed by atoms with Crippen molar-refractivity contribution in [2.45, 2.75) is 13.1 Å². The number of hydrogen-bond donors (Lipinski definition) is 3. The SMILES string of the molecule is Cc1nc(NN)cc(Nc2ccc(Cl)cc2C(F)(F)F)n1. The molecule has 0 aliphatic rings. The minimum absolute atomic E-state index is 0.00365. The van der Waals surface area contributed by atoms with Crippen LogP contribution in [-0.4, -0.2) is 9.97 Å². The second-order valence-electron chi connectivity index (χ2n) is 4.14. The number of hydrazine groups is 1. The van der Waals surface area contributed by atoms with E-state index in [0.29, 0.717) is 5.82 Å². The number of alkyl halides is 3. The second-order valence-corrected chi connectivity index (χ2v) is 4.58. The first-order valence-corrected chi connectivity index (χ1v) is 6.13. The first-order chi connectivity index (χ1) is 9.79. The van der Waals surface area contributed by atoms with Gasteiger partial charge in [0, 0.05) is 11.1 Å². The topological polar surface area (TPSA) is 75.9 Å². The average Bonchev–Trinajstić information content (AvgIpc) is 2.39. The molecule has 0 radical (unpaired) electrons. The summed E-state index contributed by atoms with van der Waals surface area (Å²) in [6.07, 6.45) is -4.54. The highest BCUT2D eigenvalue weighted by atomic mass is 35.5. The van der Waals surface area contributed by atoms with Crippen LogP contribution < -0.4 is 16.6 Å². The molecule has 4 N–H and O–H groups in total. The van der Waals surface area contributed by atoms with E-state index in [4.69, 9.17) is 17.4 Å². The van der Waals surface area contributed by atoms with Crippen molar-refractivity contribution in [3.63, 3.8) is 0 Å². The molecule has 21 heavy (non-hydrogen) atoms. The van der Waals surface area contributed by atoms with Crippen LogP contribution in [0.1, 0.15) is 11.4 Å². The van der Waals surface area contributed by atoms with Gasteiger partial charge >= 0.3 is 6.18 Å². The van der Waals surface area contributed by atoms with Gasteiger partial charge in [0.25, 0.3) is 0 Å². The molecule has 0 saturated carbocycles. The fraction of sp³-hybridized carbons (Fsp3) is 0.167. The lowest BCUT2D eigenvalue weighted by atomic mass is 10.1. The van der Waals surface area contributed by atoms with Gasteiger partial charge in [0.2, 0.25) is 0 Å². The maximum absolute atomic E-state index is 13.0. The first-order valence-electron chi connectivity index (χ1n) is 5.75. The Labute approximate surface area is 123 Å². The molecule has 0 spiro atoms. The van der Waals surface area contributed by atoms with E-state index in [1.165, 1.54) is 18.2 Å². The summed E-state index contributed by atoms with van der Waals surface area (Å²) < 4.78 is 39.0. The third kappa shape index (κ3) is 3.73. The van der Waals surface area contributed by atoms with Crippen molar-refractivity contribution >= 4 is 28.9 Å². The fourth-order valence-corrected chi connectivity index (χ4v) is 1.88. The number of benzene rings is 1. The van der Waals surface area contributed by atoms with Gasteiger partial charge in [-0.25, -0.2) is 15.8 Å². The summed E-state index contributed by atoms with van der Waals surface area (Å²) >= 11 is 5.62. The molecular weight excluding hydrogens is 307 g/mol. The van der Waals surface area contributed by atoms with E-state index in [1.54, 1.807) is 6.92 Å². The van der Waals surface area contributed by atoms with E-state index >= 15 is 0 Å². The molecule has 1 aromatic heterocycles. The van der Waals surface area contributed by atoms with Crippen LogP contribution in [0.25, 0.3) is 0 Å². The van der Waals surface area contributed by atoms with Gasteiger partial charge < -0.3 is 10.7 Å². The van der Waals surface area contributed by atoms with Gasteiger partial charge in [0.15, 0.2) is 0 Å². The fourth-order valence-electron chi connectivity index (χ4n) is 1.70. The standard InChI is InChI=1S/C12H11ClF3N5/c1-6-18-10(5-11(19-6)21-17)20-9-3-2-7(13)4-8(9)12(14,15)16/h2-5H,17H2,1H3,(H2,18,19,20,21). The van der Waals surface area contributed by atoms with Crippen LogP contribution in [0.3, 0.4) is 0 Å². The van der Waals surface area contributed by atoms with Gasteiger partial charge in [0.1, 0.15) is 17.5 Å². The van der Waals surface area contributed by atoms with Crippen molar-refractivity contribution in [3.8, 4) is 0 Å². The second kappa shape index (κ2) is 5.74. The van der Waals surface area contributed by atoms with E-state index < -0.39 is 11.7 Å². The minimum Gasteiger partial charge on any atom is -0.340 e. The molecule has 0 aliphatic heterocycles. The Morgan fingerprint density at radius 3 is 2.43 bits per heavy atom. The number of nitrogens with one attached hydrogen (secondary N) is 2. The first kappa shape index (κ1) is 15.3. The summed E-state index contributed by atoms with van der Waals surface area (Å²) in [5.74, 6) is 6.06. The largest absolute Gasteiger partial charge is 0.418 e. The van der Waals surface area contributed by atoms with E-state index in [9.17, 15) is 13.2 Å². The summed E-state index contributed by atoms with van der Waals surface area (Å²) in [4.78, 5) is 7.95. The number of nitrogens with zero attached hydrogens (tertiary/aromatic N) is 2. The molecule has 9 heteroatoms. The summed E-state index contributed by atoms with van der Waals surface area (Å²) in [5, 5.41) is 2.59. The molecule has 0 aliphatic carbocycles. The quantitative estimate of drug-likeness (QED) is 0.597. The molecule has 2 aromatic rings. The number of nitrogen functional groups attached to an aromatic ring is 1. The van der Waals surface area contributed by atoms with Gasteiger partial charge in [-0.15, -0.1) is 0 Å². The van der Waals surface area contributed by atoms with Gasteiger partial charge in [0.05, 0.1) is 11.3 Å². The minimum atomic E-state index is -4.54. The number of hydrogen-bond acceptors (Lipinski definition) is 5. The molecule has 0 fully saturated rings. The molecule has 0 unspecified atom stereocenters. The molecule has 1 aromatic carbocycles. The zero-order valence-corrected chi connectivity index (χ0v) is 11.5. The maximum Gasteiger partial charge on any atom is 0.418 e. The highest BCUT2D eigenvalue weighted by Crippen LogP contribution is 2.37. The maximum atomic E-state index is 13.0. The zero-order chi connectivity index (χ0) is 15.6. The Balaban J connectivity index is 2.42. The smallest absolute Gasteiger partial charge is 0.340 e. The number of rotatable bonds is 3. The summed E-state index contributed by atoms with van der Waals surface area (Å²) in [5.41, 5.74) is 1.27. The van der Waals surface area contributed by atoms with Crippen LogP contribution in [0.15, 0.2) is 24.3 Å². The number of aryl methyl sites for hydroxylation is 1. The van der Waals surface area contributed by atoms with Gasteiger partial charge in [-0.3, -0.25) is 0 Å². The van der Waals surface area contributed by atoms with E-state index in [-0.39, 0.29) is 22.3 Å². The number of aromatic nitrogens is 2. The van der Waals surface area contributed by atoms with Gasteiger partial charge in [-0.1, -0.05) is 11.6 Å². The summed E-state index contributed by atoms with van der Waals surface area (Å²) in [6, 6.07) is 4.83. The lowest BCUT2D eigenvalue weighted by Crippen LogP contribution is -2.12. The van der Waals surface area contributed by atoms with Gasteiger partial charge in [-0.2, -0.15) is 13.2 Å². The monoisotopic (exact) mass is 317 g/mol. The molecule has 2 rings (SSSR count). The number of anilines is 3. The van der Waals surface area contributed by atoms with Crippen molar-refractivity contribution in [2.75, 3.05) is 10.7 Å². The van der Waals surface area contributed by atoms with E-state index in [1.807, 2.05) is 0 Å². The number of halogens is 4. The van der Waals surface area contributed by atoms with Crippen LogP contribution in [0.5, 0.6) is 0 Å². The molecule has 0 bridgehead atoms. The van der Waals surface area contributed by atoms with Crippen molar-refractivity contribution in [1.29, 1.82) is 0 Å². The van der Waals surface area contributed by atoms with Crippen LogP contribution in [0, 0.1) is 6.92 Å². The van der Waals surface area contributed by atoms with Crippen molar-refractivity contribution in [1.82, 2.24) is 9.97 Å². The Hall–Kier alpha value is -2.06. The number of nitrogens with two attached hydrogens (primary N) is 1. The summed E-state index contributed by atoms with van der Waals surface area (Å²) in [6.45, 7) is 1.60. The molecule has 1 heterocycles. The van der Waals surface area contributed by atoms with Crippen LogP contribution in [0.2, 0.25) is 5.02 Å². The predicted octanol–water partition coefficient (Wildman–Crippen LogP) is 3.49. The summed E-state index contributed by atoms with van der Waals surface area (Å²) in [7, 11) is 0. The third-order valence-corrected chi connectivity index (χ3v) is 2.77. The van der Waals surface area contributed by atoms with Crippen molar-refractivity contribution in [3.05, 3.63) is 40.7 Å². The lowest BCUT2D eigenvalue weighted by molar-refractivity contribution is -0.136. The molecule has 5 nitrogen and oxygen atoms in total. The highest BCUT2D eigenvalue weighted by molar-refractivity contribution is 6.30.